The van der Waals surface area contributed by atoms with Gasteiger partial charge in [0.2, 0.25) is 0 Å². The molecular formula is C9H11Br2N. The fourth-order valence-electron chi connectivity index (χ4n) is 0.919. The summed E-state index contributed by atoms with van der Waals surface area (Å²) in [4.78, 5) is 0. The van der Waals surface area contributed by atoms with Crippen LogP contribution < -0.4 is 5.32 Å². The van der Waals surface area contributed by atoms with Gasteiger partial charge in [-0.2, -0.15) is 0 Å². The van der Waals surface area contributed by atoms with Gasteiger partial charge >= 0.3 is 0 Å². The van der Waals surface area contributed by atoms with Crippen LogP contribution in [-0.4, -0.2) is 6.04 Å². The topological polar surface area (TPSA) is 12.0 Å². The van der Waals surface area contributed by atoms with E-state index in [2.05, 4.69) is 63.2 Å². The highest BCUT2D eigenvalue weighted by Gasteiger charge is 1.98. The Morgan fingerprint density at radius 2 is 1.83 bits per heavy atom. The van der Waals surface area contributed by atoms with Crippen molar-refractivity contribution in [2.24, 2.45) is 0 Å². The number of anilines is 1. The molecule has 1 N–H and O–H groups in total. The summed E-state index contributed by atoms with van der Waals surface area (Å²) < 4.78 is 2.16. The third-order valence-electron chi connectivity index (χ3n) is 1.37. The van der Waals surface area contributed by atoms with E-state index in [9.17, 15) is 0 Å². The van der Waals surface area contributed by atoms with E-state index in [0.717, 1.165) is 14.6 Å². The van der Waals surface area contributed by atoms with Gasteiger partial charge in [-0.3, -0.25) is 0 Å². The maximum Gasteiger partial charge on any atom is 0.0354 e. The summed E-state index contributed by atoms with van der Waals surface area (Å²) in [6, 6.07) is 6.60. The third kappa shape index (κ3) is 2.79. The molecule has 0 fully saturated rings. The molecule has 12 heavy (non-hydrogen) atoms. The summed E-state index contributed by atoms with van der Waals surface area (Å²) in [5.74, 6) is 0. The molecule has 1 aromatic carbocycles. The number of hydrogen-bond acceptors (Lipinski definition) is 1. The average molecular weight is 293 g/mol. The zero-order chi connectivity index (χ0) is 9.14. The predicted molar refractivity (Wildman–Crippen MR) is 60.6 cm³/mol. The Morgan fingerprint density at radius 3 is 2.33 bits per heavy atom. The number of hydrogen-bond donors (Lipinski definition) is 1. The van der Waals surface area contributed by atoms with Gasteiger partial charge in [-0.25, -0.2) is 0 Å². The van der Waals surface area contributed by atoms with E-state index in [1.165, 1.54) is 0 Å². The first kappa shape index (κ1) is 10.1. The number of benzene rings is 1. The van der Waals surface area contributed by atoms with E-state index >= 15 is 0 Å². The molecule has 0 amide bonds. The van der Waals surface area contributed by atoms with Crippen molar-refractivity contribution in [2.45, 2.75) is 19.9 Å². The molecule has 0 atom stereocenters. The van der Waals surface area contributed by atoms with Gasteiger partial charge in [0, 0.05) is 20.7 Å². The van der Waals surface area contributed by atoms with Crippen molar-refractivity contribution in [2.75, 3.05) is 5.32 Å². The maximum atomic E-state index is 3.45. The lowest BCUT2D eigenvalue weighted by Crippen LogP contribution is -2.09. The summed E-state index contributed by atoms with van der Waals surface area (Å²) in [5, 5.41) is 3.32. The van der Waals surface area contributed by atoms with Crippen molar-refractivity contribution in [3.63, 3.8) is 0 Å². The fraction of sp³-hybridized carbons (Fsp3) is 0.333. The zero-order valence-electron chi connectivity index (χ0n) is 7.07. The molecular weight excluding hydrogens is 282 g/mol. The first-order chi connectivity index (χ1) is 5.59. The smallest absolute Gasteiger partial charge is 0.0354 e. The normalized spacial score (nSPS) is 10.4. The largest absolute Gasteiger partial charge is 0.383 e. The van der Waals surface area contributed by atoms with Gasteiger partial charge in [-0.05, 0) is 63.9 Å². The van der Waals surface area contributed by atoms with Gasteiger partial charge in [0.05, 0.1) is 0 Å². The molecule has 3 heteroatoms. The van der Waals surface area contributed by atoms with Crippen molar-refractivity contribution in [3.05, 3.63) is 27.1 Å². The van der Waals surface area contributed by atoms with Crippen molar-refractivity contribution in [1.29, 1.82) is 0 Å². The maximum absolute atomic E-state index is 3.45. The van der Waals surface area contributed by atoms with Gasteiger partial charge < -0.3 is 5.32 Å². The second kappa shape index (κ2) is 4.28. The first-order valence-corrected chi connectivity index (χ1v) is 5.40. The van der Waals surface area contributed by atoms with Gasteiger partial charge in [0.25, 0.3) is 0 Å². The van der Waals surface area contributed by atoms with Crippen LogP contribution >= 0.6 is 31.9 Å². The second-order valence-electron chi connectivity index (χ2n) is 2.93. The number of rotatable bonds is 2. The molecule has 0 spiro atoms. The fourth-order valence-corrected chi connectivity index (χ4v) is 1.54. The van der Waals surface area contributed by atoms with Crippen LogP contribution in [-0.2, 0) is 0 Å². The van der Waals surface area contributed by atoms with Crippen molar-refractivity contribution < 1.29 is 0 Å². The van der Waals surface area contributed by atoms with E-state index in [1.807, 2.05) is 6.07 Å². The summed E-state index contributed by atoms with van der Waals surface area (Å²) in [6.45, 7) is 4.24. The van der Waals surface area contributed by atoms with Gasteiger partial charge in [0.1, 0.15) is 0 Å². The van der Waals surface area contributed by atoms with E-state index in [4.69, 9.17) is 0 Å². The highest BCUT2D eigenvalue weighted by molar-refractivity contribution is 9.13. The highest BCUT2D eigenvalue weighted by Crippen LogP contribution is 2.26. The Kier molecular flexibility index (Phi) is 3.59. The van der Waals surface area contributed by atoms with Crippen LogP contribution in [0.5, 0.6) is 0 Å². The first-order valence-electron chi connectivity index (χ1n) is 3.81. The van der Waals surface area contributed by atoms with Crippen LogP contribution in [0.15, 0.2) is 27.1 Å². The van der Waals surface area contributed by atoms with Crippen LogP contribution in [0.3, 0.4) is 0 Å². The van der Waals surface area contributed by atoms with Crippen molar-refractivity contribution >= 4 is 37.5 Å². The standard InChI is InChI=1S/C9H11Br2N/c1-6(2)12-7-3-4-8(10)9(11)5-7/h3-6,12H,1-2H3. The molecule has 0 unspecified atom stereocenters. The van der Waals surface area contributed by atoms with E-state index < -0.39 is 0 Å². The number of nitrogens with one attached hydrogen (secondary N) is 1. The van der Waals surface area contributed by atoms with Gasteiger partial charge in [-0.1, -0.05) is 0 Å². The molecule has 0 heterocycles. The minimum absolute atomic E-state index is 0.470. The summed E-state index contributed by atoms with van der Waals surface area (Å²) in [6.07, 6.45) is 0. The van der Waals surface area contributed by atoms with Gasteiger partial charge in [-0.15, -0.1) is 0 Å². The van der Waals surface area contributed by atoms with E-state index in [1.54, 1.807) is 0 Å². The Bertz CT molecular complexity index is 271. The molecule has 0 bridgehead atoms. The molecule has 1 aromatic rings. The van der Waals surface area contributed by atoms with Crippen LogP contribution in [0, 0.1) is 0 Å². The van der Waals surface area contributed by atoms with E-state index in [-0.39, 0.29) is 0 Å². The Morgan fingerprint density at radius 1 is 1.17 bits per heavy atom. The third-order valence-corrected chi connectivity index (χ3v) is 3.25. The SMILES string of the molecule is CC(C)Nc1ccc(Br)c(Br)c1. The van der Waals surface area contributed by atoms with Crippen LogP contribution in [0.25, 0.3) is 0 Å². The Labute approximate surface area is 89.8 Å². The lowest BCUT2D eigenvalue weighted by Gasteiger charge is -2.10. The molecule has 1 rings (SSSR count). The quantitative estimate of drug-likeness (QED) is 0.868. The van der Waals surface area contributed by atoms with Crippen LogP contribution in [0.4, 0.5) is 5.69 Å². The van der Waals surface area contributed by atoms with Crippen LogP contribution in [0.1, 0.15) is 13.8 Å². The highest BCUT2D eigenvalue weighted by atomic mass is 79.9. The lowest BCUT2D eigenvalue weighted by molar-refractivity contribution is 0.899. The molecule has 1 nitrogen and oxygen atoms in total. The molecule has 66 valence electrons. The Balaban J connectivity index is 2.82. The zero-order valence-corrected chi connectivity index (χ0v) is 10.2. The monoisotopic (exact) mass is 291 g/mol. The molecule has 0 radical (unpaired) electrons. The average Bonchev–Trinajstić information content (AvgIpc) is 1.96. The van der Waals surface area contributed by atoms with Crippen LogP contribution in [0.2, 0.25) is 0 Å². The second-order valence-corrected chi connectivity index (χ2v) is 4.64. The van der Waals surface area contributed by atoms with Crippen molar-refractivity contribution in [1.82, 2.24) is 0 Å². The molecule has 0 aliphatic carbocycles. The molecule has 0 aliphatic rings. The minimum atomic E-state index is 0.470. The van der Waals surface area contributed by atoms with Gasteiger partial charge in [0.15, 0.2) is 0 Å². The minimum Gasteiger partial charge on any atom is -0.383 e. The summed E-state index contributed by atoms with van der Waals surface area (Å²) in [7, 11) is 0. The van der Waals surface area contributed by atoms with E-state index in [0.29, 0.717) is 6.04 Å². The number of halogens is 2. The predicted octanol–water partition coefficient (Wildman–Crippen LogP) is 4.03. The van der Waals surface area contributed by atoms with Crippen molar-refractivity contribution in [3.8, 4) is 0 Å². The molecule has 0 saturated carbocycles. The molecule has 0 aromatic heterocycles. The Hall–Kier alpha value is -0.0200. The summed E-state index contributed by atoms with van der Waals surface area (Å²) in [5.41, 5.74) is 1.14. The summed E-state index contributed by atoms with van der Waals surface area (Å²) >= 11 is 6.87. The molecule has 0 saturated heterocycles. The lowest BCUT2D eigenvalue weighted by atomic mass is 10.3. The molecule has 0 aliphatic heterocycles.